The summed E-state index contributed by atoms with van der Waals surface area (Å²) in [4.78, 5) is 11.2. The molecule has 0 unspecified atom stereocenters. The third-order valence-electron chi connectivity index (χ3n) is 2.76. The van der Waals surface area contributed by atoms with Gasteiger partial charge in [0.25, 0.3) is 10.0 Å². The zero-order valence-corrected chi connectivity index (χ0v) is 13.7. The van der Waals surface area contributed by atoms with E-state index in [0.717, 1.165) is 6.07 Å². The van der Waals surface area contributed by atoms with Gasteiger partial charge in [-0.05, 0) is 42.5 Å². The minimum atomic E-state index is -3.96. The largest absolute Gasteiger partial charge is 0.465 e. The number of carbonyl (C=O) groups excluding carboxylic acids is 1. The van der Waals surface area contributed by atoms with Crippen LogP contribution < -0.4 is 4.72 Å². The number of benzene rings is 2. The third kappa shape index (κ3) is 3.63. The molecule has 116 valence electrons. The highest BCUT2D eigenvalue weighted by molar-refractivity contribution is 9.10. The zero-order chi connectivity index (χ0) is 16.3. The number of esters is 1. The van der Waals surface area contributed by atoms with Gasteiger partial charge in [0, 0.05) is 4.47 Å². The fraction of sp³-hybridized carbons (Fsp3) is 0.0714. The Morgan fingerprint density at radius 2 is 1.82 bits per heavy atom. The summed E-state index contributed by atoms with van der Waals surface area (Å²) < 4.78 is 45.2. The lowest BCUT2D eigenvalue weighted by atomic mass is 10.2. The normalized spacial score (nSPS) is 11.0. The van der Waals surface area contributed by atoms with E-state index in [1.807, 2.05) is 0 Å². The molecule has 5 nitrogen and oxygen atoms in total. The predicted octanol–water partition coefficient (Wildman–Crippen LogP) is 3.18. The van der Waals surface area contributed by atoms with Crippen LogP contribution in [0.4, 0.5) is 10.1 Å². The van der Waals surface area contributed by atoms with Gasteiger partial charge in [0.1, 0.15) is 5.82 Å². The number of carbonyl (C=O) groups is 1. The lowest BCUT2D eigenvalue weighted by Crippen LogP contribution is -2.14. The molecule has 0 heterocycles. The number of halogens is 2. The molecule has 1 N–H and O–H groups in total. The number of sulfonamides is 1. The SMILES string of the molecule is COC(=O)c1ccc(S(=O)(=O)Nc2ccc(Br)cc2F)cc1. The van der Waals surface area contributed by atoms with Crippen LogP contribution >= 0.6 is 15.9 Å². The minimum absolute atomic E-state index is 0.0949. The molecule has 0 aliphatic carbocycles. The van der Waals surface area contributed by atoms with E-state index in [9.17, 15) is 17.6 Å². The molecule has 0 amide bonds. The molecular formula is C14H11BrFNO4S. The second-order valence-corrected chi connectivity index (χ2v) is 6.84. The van der Waals surface area contributed by atoms with E-state index >= 15 is 0 Å². The number of anilines is 1. The first kappa shape index (κ1) is 16.4. The molecular weight excluding hydrogens is 377 g/mol. The van der Waals surface area contributed by atoms with Crippen LogP contribution in [0.25, 0.3) is 0 Å². The first-order valence-corrected chi connectivity index (χ1v) is 8.27. The standard InChI is InChI=1S/C14H11BrFNO4S/c1-21-14(18)9-2-5-11(6-3-9)22(19,20)17-13-7-4-10(15)8-12(13)16/h2-8,17H,1H3. The number of methoxy groups -OCH3 is 1. The molecule has 2 aromatic carbocycles. The smallest absolute Gasteiger partial charge is 0.337 e. The van der Waals surface area contributed by atoms with Crippen LogP contribution in [0.15, 0.2) is 51.8 Å². The Morgan fingerprint density at radius 3 is 2.36 bits per heavy atom. The lowest BCUT2D eigenvalue weighted by molar-refractivity contribution is 0.0600. The van der Waals surface area contributed by atoms with Crippen molar-refractivity contribution >= 4 is 37.6 Å². The summed E-state index contributed by atoms with van der Waals surface area (Å²) in [5.41, 5.74) is 0.0523. The fourth-order valence-electron chi connectivity index (χ4n) is 1.66. The van der Waals surface area contributed by atoms with Crippen molar-refractivity contribution in [1.29, 1.82) is 0 Å². The maximum Gasteiger partial charge on any atom is 0.337 e. The first-order valence-electron chi connectivity index (χ1n) is 6.00. The van der Waals surface area contributed by atoms with Crippen molar-refractivity contribution in [2.45, 2.75) is 4.90 Å². The van der Waals surface area contributed by atoms with Gasteiger partial charge in [-0.15, -0.1) is 0 Å². The number of hydrogen-bond donors (Lipinski definition) is 1. The van der Waals surface area contributed by atoms with Gasteiger partial charge in [0.15, 0.2) is 0 Å². The van der Waals surface area contributed by atoms with E-state index in [1.54, 1.807) is 0 Å². The molecule has 0 aliphatic rings. The molecule has 0 fully saturated rings. The van der Waals surface area contributed by atoms with Gasteiger partial charge in [-0.25, -0.2) is 17.6 Å². The summed E-state index contributed by atoms with van der Waals surface area (Å²) in [6, 6.07) is 9.09. The van der Waals surface area contributed by atoms with Gasteiger partial charge >= 0.3 is 5.97 Å². The highest BCUT2D eigenvalue weighted by atomic mass is 79.9. The van der Waals surface area contributed by atoms with E-state index in [2.05, 4.69) is 25.4 Å². The minimum Gasteiger partial charge on any atom is -0.465 e. The van der Waals surface area contributed by atoms with Crippen molar-refractivity contribution in [3.63, 3.8) is 0 Å². The third-order valence-corrected chi connectivity index (χ3v) is 4.64. The summed E-state index contributed by atoms with van der Waals surface area (Å²) in [5.74, 6) is -1.28. The molecule has 0 bridgehead atoms. The van der Waals surface area contributed by atoms with Crippen LogP contribution in [0.3, 0.4) is 0 Å². The number of hydrogen-bond acceptors (Lipinski definition) is 4. The first-order chi connectivity index (χ1) is 10.3. The summed E-state index contributed by atoms with van der Waals surface area (Å²) in [6.45, 7) is 0. The van der Waals surface area contributed by atoms with Gasteiger partial charge < -0.3 is 4.74 Å². The average molecular weight is 388 g/mol. The molecule has 0 radical (unpaired) electrons. The second-order valence-electron chi connectivity index (χ2n) is 4.25. The molecule has 8 heteroatoms. The van der Waals surface area contributed by atoms with Crippen molar-refractivity contribution < 1.29 is 22.3 Å². The van der Waals surface area contributed by atoms with Crippen molar-refractivity contribution in [1.82, 2.24) is 0 Å². The summed E-state index contributed by atoms with van der Waals surface area (Å²) >= 11 is 3.09. The molecule has 0 spiro atoms. The van der Waals surface area contributed by atoms with E-state index < -0.39 is 21.8 Å². The van der Waals surface area contributed by atoms with Crippen LogP contribution in [0.1, 0.15) is 10.4 Å². The quantitative estimate of drug-likeness (QED) is 0.817. The maximum absolute atomic E-state index is 13.7. The van der Waals surface area contributed by atoms with Crippen LogP contribution in [0, 0.1) is 5.82 Å². The van der Waals surface area contributed by atoms with Gasteiger partial charge in [-0.3, -0.25) is 4.72 Å². The summed E-state index contributed by atoms with van der Waals surface area (Å²) in [6.07, 6.45) is 0. The Morgan fingerprint density at radius 1 is 1.18 bits per heavy atom. The Balaban J connectivity index is 2.28. The van der Waals surface area contributed by atoms with E-state index in [-0.39, 0.29) is 16.1 Å². The van der Waals surface area contributed by atoms with Gasteiger partial charge in [0.2, 0.25) is 0 Å². The van der Waals surface area contributed by atoms with E-state index in [0.29, 0.717) is 4.47 Å². The highest BCUT2D eigenvalue weighted by Gasteiger charge is 2.17. The van der Waals surface area contributed by atoms with E-state index in [1.165, 1.54) is 43.5 Å². The van der Waals surface area contributed by atoms with E-state index in [4.69, 9.17) is 0 Å². The molecule has 0 saturated carbocycles. The Bertz CT molecular complexity index is 806. The maximum atomic E-state index is 13.7. The lowest BCUT2D eigenvalue weighted by Gasteiger charge is -2.09. The molecule has 0 aromatic heterocycles. The van der Waals surface area contributed by atoms with Gasteiger partial charge in [-0.2, -0.15) is 0 Å². The van der Waals surface area contributed by atoms with Crippen LogP contribution in [0.5, 0.6) is 0 Å². The summed E-state index contributed by atoms with van der Waals surface area (Å²) in [7, 11) is -2.73. The van der Waals surface area contributed by atoms with Gasteiger partial charge in [0.05, 0.1) is 23.3 Å². The molecule has 0 saturated heterocycles. The number of rotatable bonds is 4. The van der Waals surface area contributed by atoms with Crippen molar-refractivity contribution in [2.75, 3.05) is 11.8 Å². The average Bonchev–Trinajstić information content (AvgIpc) is 2.49. The number of ether oxygens (including phenoxy) is 1. The Labute approximate surface area is 135 Å². The predicted molar refractivity (Wildman–Crippen MR) is 82.7 cm³/mol. The van der Waals surface area contributed by atoms with Crippen molar-refractivity contribution in [3.05, 3.63) is 58.3 Å². The monoisotopic (exact) mass is 387 g/mol. The van der Waals surface area contributed by atoms with Crippen LogP contribution in [-0.2, 0) is 14.8 Å². The molecule has 0 aliphatic heterocycles. The molecule has 2 rings (SSSR count). The zero-order valence-electron chi connectivity index (χ0n) is 11.3. The topological polar surface area (TPSA) is 72.5 Å². The summed E-state index contributed by atoms with van der Waals surface area (Å²) in [5, 5.41) is 0. The van der Waals surface area contributed by atoms with Gasteiger partial charge in [-0.1, -0.05) is 15.9 Å². The second kappa shape index (κ2) is 6.45. The van der Waals surface area contributed by atoms with Crippen LogP contribution in [0.2, 0.25) is 0 Å². The molecule has 0 atom stereocenters. The Hall–Kier alpha value is -1.93. The number of nitrogens with one attached hydrogen (secondary N) is 1. The Kier molecular flexibility index (Phi) is 4.82. The molecule has 22 heavy (non-hydrogen) atoms. The van der Waals surface area contributed by atoms with Crippen molar-refractivity contribution in [2.24, 2.45) is 0 Å². The highest BCUT2D eigenvalue weighted by Crippen LogP contribution is 2.22. The fourth-order valence-corrected chi connectivity index (χ4v) is 3.06. The van der Waals surface area contributed by atoms with Crippen molar-refractivity contribution in [3.8, 4) is 0 Å². The molecule has 2 aromatic rings. The van der Waals surface area contributed by atoms with Crippen LogP contribution in [-0.4, -0.2) is 21.5 Å².